The maximum atomic E-state index is 13.6. The Balaban J connectivity index is 1.58. The van der Waals surface area contributed by atoms with Gasteiger partial charge in [0.05, 0.1) is 12.0 Å². The third-order valence-corrected chi connectivity index (χ3v) is 6.77. The Kier molecular flexibility index (Phi) is 6.24. The van der Waals surface area contributed by atoms with Crippen LogP contribution >= 0.6 is 0 Å². The molecule has 3 aliphatic rings. The second-order valence-electron chi connectivity index (χ2n) is 9.42. The van der Waals surface area contributed by atoms with E-state index in [4.69, 9.17) is 4.74 Å². The molecule has 2 atom stereocenters. The van der Waals surface area contributed by atoms with Crippen molar-refractivity contribution in [3.05, 3.63) is 42.0 Å². The summed E-state index contributed by atoms with van der Waals surface area (Å²) in [5.74, 6) is -1.73. The number of rotatable bonds is 4. The molecule has 0 bridgehead atoms. The molecule has 1 aromatic rings. The summed E-state index contributed by atoms with van der Waals surface area (Å²) in [6.07, 6.45) is 4.05. The van der Waals surface area contributed by atoms with Crippen LogP contribution in [0.4, 0.5) is 4.79 Å². The Morgan fingerprint density at radius 3 is 2.47 bits per heavy atom. The molecule has 1 saturated heterocycles. The predicted molar refractivity (Wildman–Crippen MR) is 117 cm³/mol. The van der Waals surface area contributed by atoms with E-state index in [1.54, 1.807) is 24.2 Å². The number of hydrogen-bond donors (Lipinski definition) is 2. The zero-order valence-corrected chi connectivity index (χ0v) is 18.6. The highest BCUT2D eigenvalue weighted by atomic mass is 16.6. The molecule has 2 aliphatic heterocycles. The lowest BCUT2D eigenvalue weighted by molar-refractivity contribution is -0.150. The molecule has 1 spiro atoms. The van der Waals surface area contributed by atoms with Crippen LogP contribution in [0.5, 0.6) is 0 Å². The number of ether oxygens (including phenoxy) is 1. The third-order valence-electron chi connectivity index (χ3n) is 6.77. The monoisotopic (exact) mass is 441 g/mol. The van der Waals surface area contributed by atoms with Crippen LogP contribution in [-0.4, -0.2) is 64.7 Å². The Morgan fingerprint density at radius 1 is 1.19 bits per heavy atom. The van der Waals surface area contributed by atoms with Crippen molar-refractivity contribution in [2.24, 2.45) is 11.3 Å². The lowest BCUT2D eigenvalue weighted by Crippen LogP contribution is -2.62. The smallest absolute Gasteiger partial charge is 0.410 e. The molecule has 32 heavy (non-hydrogen) atoms. The van der Waals surface area contributed by atoms with Crippen molar-refractivity contribution in [1.82, 2.24) is 15.3 Å². The first-order valence-electron chi connectivity index (χ1n) is 11.3. The summed E-state index contributed by atoms with van der Waals surface area (Å²) in [6.45, 7) is 4.81. The first-order valence-corrected chi connectivity index (χ1v) is 11.3. The highest BCUT2D eigenvalue weighted by Gasteiger charge is 2.57. The van der Waals surface area contributed by atoms with Crippen molar-refractivity contribution in [2.75, 3.05) is 19.6 Å². The van der Waals surface area contributed by atoms with Crippen molar-refractivity contribution in [1.29, 1.82) is 0 Å². The minimum atomic E-state index is -0.994. The van der Waals surface area contributed by atoms with E-state index in [2.05, 4.69) is 0 Å². The van der Waals surface area contributed by atoms with Gasteiger partial charge in [-0.3, -0.25) is 19.7 Å². The largest absolute Gasteiger partial charge is 0.447 e. The maximum Gasteiger partial charge on any atom is 0.410 e. The molecule has 8 nitrogen and oxygen atoms in total. The fourth-order valence-electron chi connectivity index (χ4n) is 4.90. The van der Waals surface area contributed by atoms with Gasteiger partial charge < -0.3 is 9.64 Å². The van der Waals surface area contributed by atoms with Gasteiger partial charge in [0.2, 0.25) is 11.8 Å². The van der Waals surface area contributed by atoms with Crippen LogP contribution in [0.15, 0.2) is 36.4 Å². The van der Waals surface area contributed by atoms with Gasteiger partial charge in [-0.05, 0) is 56.1 Å². The van der Waals surface area contributed by atoms with Gasteiger partial charge in [0, 0.05) is 19.6 Å². The summed E-state index contributed by atoms with van der Waals surface area (Å²) in [5.41, 5.74) is 3.85. The molecule has 2 fully saturated rings. The predicted octanol–water partition coefficient (Wildman–Crippen LogP) is 2.82. The molecule has 1 aliphatic carbocycles. The zero-order chi connectivity index (χ0) is 22.9. The molecule has 2 N–H and O–H groups in total. The van der Waals surface area contributed by atoms with Crippen LogP contribution < -0.4 is 5.48 Å². The SMILES string of the molecule is CC(C)OC(=O)N1CC2(CC2)CC(C(=O)NO)C1C(=O)N1CC=C(c2ccccc2)CC1. The molecule has 1 aromatic carbocycles. The first-order chi connectivity index (χ1) is 15.3. The number of hydroxylamine groups is 1. The molecule has 2 heterocycles. The van der Waals surface area contributed by atoms with Gasteiger partial charge in [-0.2, -0.15) is 0 Å². The molecular weight excluding hydrogens is 410 g/mol. The van der Waals surface area contributed by atoms with Crippen LogP contribution in [0.3, 0.4) is 0 Å². The van der Waals surface area contributed by atoms with E-state index >= 15 is 0 Å². The Bertz CT molecular complexity index is 909. The summed E-state index contributed by atoms with van der Waals surface area (Å²) in [6, 6.07) is 9.04. The fraction of sp³-hybridized carbons (Fsp3) is 0.542. The normalized spacial score (nSPS) is 24.2. The number of amides is 3. The lowest BCUT2D eigenvalue weighted by Gasteiger charge is -2.44. The van der Waals surface area contributed by atoms with Gasteiger partial charge in [-0.15, -0.1) is 0 Å². The molecule has 172 valence electrons. The zero-order valence-electron chi connectivity index (χ0n) is 18.6. The minimum absolute atomic E-state index is 0.174. The number of piperidine rings is 1. The fourth-order valence-corrected chi connectivity index (χ4v) is 4.90. The van der Waals surface area contributed by atoms with Crippen LogP contribution in [0.1, 0.15) is 45.1 Å². The van der Waals surface area contributed by atoms with Crippen molar-refractivity contribution < 1.29 is 24.3 Å². The van der Waals surface area contributed by atoms with Crippen molar-refractivity contribution in [3.63, 3.8) is 0 Å². The molecule has 1 saturated carbocycles. The standard InChI is InChI=1S/C24H31N3O5/c1-16(2)32-23(30)27-15-24(10-11-24)14-19(21(28)25-31)20(27)22(29)26-12-8-18(9-13-26)17-6-4-3-5-7-17/h3-8,16,19-20,31H,9-15H2,1-2H3,(H,25,28). The molecule has 0 aromatic heterocycles. The minimum Gasteiger partial charge on any atom is -0.447 e. The average Bonchev–Trinajstić information content (AvgIpc) is 3.56. The maximum absolute atomic E-state index is 13.6. The second-order valence-corrected chi connectivity index (χ2v) is 9.42. The van der Waals surface area contributed by atoms with E-state index in [1.807, 2.05) is 36.4 Å². The van der Waals surface area contributed by atoms with Crippen molar-refractivity contribution in [3.8, 4) is 0 Å². The van der Waals surface area contributed by atoms with E-state index in [-0.39, 0.29) is 17.4 Å². The van der Waals surface area contributed by atoms with E-state index < -0.39 is 24.0 Å². The Hall–Kier alpha value is -2.87. The average molecular weight is 442 g/mol. The summed E-state index contributed by atoms with van der Waals surface area (Å²) < 4.78 is 5.43. The quantitative estimate of drug-likeness (QED) is 0.553. The highest BCUT2D eigenvalue weighted by Crippen LogP contribution is 2.55. The first kappa shape index (κ1) is 22.3. The van der Waals surface area contributed by atoms with E-state index in [0.717, 1.165) is 18.4 Å². The van der Waals surface area contributed by atoms with Gasteiger partial charge in [-0.25, -0.2) is 10.3 Å². The van der Waals surface area contributed by atoms with Crippen LogP contribution in [0.2, 0.25) is 0 Å². The van der Waals surface area contributed by atoms with Crippen LogP contribution in [0, 0.1) is 11.3 Å². The van der Waals surface area contributed by atoms with Crippen molar-refractivity contribution in [2.45, 2.75) is 51.7 Å². The summed E-state index contributed by atoms with van der Waals surface area (Å²) >= 11 is 0. The number of benzene rings is 1. The number of hydrogen-bond acceptors (Lipinski definition) is 5. The van der Waals surface area contributed by atoms with Gasteiger partial charge in [0.1, 0.15) is 6.04 Å². The summed E-state index contributed by atoms with van der Waals surface area (Å²) in [7, 11) is 0. The Morgan fingerprint density at radius 2 is 1.91 bits per heavy atom. The Labute approximate surface area is 188 Å². The summed E-state index contributed by atoms with van der Waals surface area (Å²) in [5, 5.41) is 9.35. The van der Waals surface area contributed by atoms with E-state index in [1.165, 1.54) is 10.5 Å². The molecule has 3 amide bonds. The second kappa shape index (κ2) is 8.94. The van der Waals surface area contributed by atoms with Crippen LogP contribution in [0.25, 0.3) is 5.57 Å². The number of nitrogens with one attached hydrogen (secondary N) is 1. The van der Waals surface area contributed by atoms with E-state index in [0.29, 0.717) is 32.5 Å². The number of carbonyl (C=O) groups is 3. The molecule has 0 radical (unpaired) electrons. The van der Waals surface area contributed by atoms with Gasteiger partial charge in [-0.1, -0.05) is 36.4 Å². The number of carbonyl (C=O) groups excluding carboxylic acids is 3. The third kappa shape index (κ3) is 4.50. The van der Waals surface area contributed by atoms with Crippen LogP contribution in [-0.2, 0) is 14.3 Å². The van der Waals surface area contributed by atoms with Gasteiger partial charge in [0.15, 0.2) is 0 Å². The molecular formula is C24H31N3O5. The highest BCUT2D eigenvalue weighted by molar-refractivity contribution is 5.93. The van der Waals surface area contributed by atoms with Gasteiger partial charge in [0.25, 0.3) is 0 Å². The lowest BCUT2D eigenvalue weighted by atomic mass is 9.79. The van der Waals surface area contributed by atoms with Crippen molar-refractivity contribution >= 4 is 23.5 Å². The molecule has 4 rings (SSSR count). The van der Waals surface area contributed by atoms with Gasteiger partial charge >= 0.3 is 6.09 Å². The number of likely N-dealkylation sites (tertiary alicyclic amines) is 1. The van der Waals surface area contributed by atoms with E-state index in [9.17, 15) is 19.6 Å². The number of nitrogens with zero attached hydrogens (tertiary/aromatic N) is 2. The molecule has 8 heteroatoms. The molecule has 2 unspecified atom stereocenters. The topological polar surface area (TPSA) is 99.2 Å². The summed E-state index contributed by atoms with van der Waals surface area (Å²) in [4.78, 5) is 42.3.